The SMILES string of the molecule is CCC(CC)n1c(C(=O)Nc2ccc(C)cc2)cc2cnc(Nc3ccc(N4CCNCC4)cc3)nc21. The van der Waals surface area contributed by atoms with Crippen LogP contribution in [0.4, 0.5) is 23.0 Å². The van der Waals surface area contributed by atoms with E-state index in [0.717, 1.165) is 67.0 Å². The molecule has 0 saturated carbocycles. The van der Waals surface area contributed by atoms with Gasteiger partial charge in [-0.3, -0.25) is 4.79 Å². The topological polar surface area (TPSA) is 87.1 Å². The quantitative estimate of drug-likeness (QED) is 0.298. The fourth-order valence-corrected chi connectivity index (χ4v) is 4.91. The number of hydrogen-bond acceptors (Lipinski definition) is 6. The minimum Gasteiger partial charge on any atom is -0.369 e. The van der Waals surface area contributed by atoms with Crippen LogP contribution >= 0.6 is 0 Å². The average molecular weight is 498 g/mol. The summed E-state index contributed by atoms with van der Waals surface area (Å²) in [7, 11) is 0. The monoisotopic (exact) mass is 497 g/mol. The fourth-order valence-electron chi connectivity index (χ4n) is 4.91. The third-order valence-electron chi connectivity index (χ3n) is 7.03. The normalized spacial score (nSPS) is 13.8. The number of rotatable bonds is 8. The van der Waals surface area contributed by atoms with Crippen LogP contribution in [0.25, 0.3) is 11.0 Å². The van der Waals surface area contributed by atoms with Gasteiger partial charge in [-0.1, -0.05) is 31.5 Å². The van der Waals surface area contributed by atoms with Crippen LogP contribution < -0.4 is 20.9 Å². The molecule has 2 aromatic heterocycles. The van der Waals surface area contributed by atoms with E-state index in [2.05, 4.69) is 68.5 Å². The lowest BCUT2D eigenvalue weighted by molar-refractivity contribution is 0.101. The number of amides is 1. The molecule has 0 radical (unpaired) electrons. The number of benzene rings is 2. The Morgan fingerprint density at radius 1 is 1.00 bits per heavy atom. The molecule has 192 valence electrons. The van der Waals surface area contributed by atoms with Crippen molar-refractivity contribution in [3.05, 3.63) is 72.1 Å². The largest absolute Gasteiger partial charge is 0.369 e. The Labute approximate surface area is 218 Å². The Hall–Kier alpha value is -3.91. The van der Waals surface area contributed by atoms with Gasteiger partial charge in [0.1, 0.15) is 11.3 Å². The van der Waals surface area contributed by atoms with Crippen LogP contribution in [0.1, 0.15) is 48.8 Å². The van der Waals surface area contributed by atoms with Crippen LogP contribution in [-0.4, -0.2) is 46.6 Å². The molecule has 1 amide bonds. The minimum absolute atomic E-state index is 0.147. The summed E-state index contributed by atoms with van der Waals surface area (Å²) in [5.41, 5.74) is 5.42. The first-order chi connectivity index (χ1) is 18.1. The zero-order valence-electron chi connectivity index (χ0n) is 21.8. The van der Waals surface area contributed by atoms with Gasteiger partial charge >= 0.3 is 0 Å². The zero-order valence-corrected chi connectivity index (χ0v) is 21.8. The van der Waals surface area contributed by atoms with Gasteiger partial charge < -0.3 is 25.4 Å². The van der Waals surface area contributed by atoms with Gasteiger partial charge in [-0.05, 0) is 62.2 Å². The van der Waals surface area contributed by atoms with Crippen molar-refractivity contribution in [2.24, 2.45) is 0 Å². The number of carbonyl (C=O) groups is 1. The third-order valence-corrected chi connectivity index (χ3v) is 7.03. The van der Waals surface area contributed by atoms with Gasteiger partial charge in [0.25, 0.3) is 5.91 Å². The van der Waals surface area contributed by atoms with Gasteiger partial charge in [-0.2, -0.15) is 4.98 Å². The van der Waals surface area contributed by atoms with E-state index in [1.165, 1.54) is 5.69 Å². The predicted molar refractivity (Wildman–Crippen MR) is 151 cm³/mol. The summed E-state index contributed by atoms with van der Waals surface area (Å²) in [6.07, 6.45) is 3.58. The van der Waals surface area contributed by atoms with Gasteiger partial charge in [0.15, 0.2) is 0 Å². The number of nitrogens with one attached hydrogen (secondary N) is 3. The Morgan fingerprint density at radius 3 is 2.35 bits per heavy atom. The number of anilines is 4. The number of aryl methyl sites for hydroxylation is 1. The Balaban J connectivity index is 1.42. The summed E-state index contributed by atoms with van der Waals surface area (Å²) in [6, 6.07) is 18.3. The highest BCUT2D eigenvalue weighted by Crippen LogP contribution is 2.29. The van der Waals surface area contributed by atoms with Crippen LogP contribution in [0, 0.1) is 6.92 Å². The number of fused-ring (bicyclic) bond motifs is 1. The second kappa shape index (κ2) is 11.0. The van der Waals surface area contributed by atoms with Crippen molar-refractivity contribution >= 4 is 40.0 Å². The average Bonchev–Trinajstić information content (AvgIpc) is 3.31. The van der Waals surface area contributed by atoms with E-state index in [9.17, 15) is 4.79 Å². The van der Waals surface area contributed by atoms with Gasteiger partial charge in [-0.25, -0.2) is 4.98 Å². The van der Waals surface area contributed by atoms with Crippen molar-refractivity contribution in [2.75, 3.05) is 41.7 Å². The molecule has 8 heteroatoms. The van der Waals surface area contributed by atoms with E-state index in [1.807, 2.05) is 37.3 Å². The highest BCUT2D eigenvalue weighted by molar-refractivity contribution is 6.06. The van der Waals surface area contributed by atoms with Crippen LogP contribution in [0.2, 0.25) is 0 Å². The van der Waals surface area contributed by atoms with Gasteiger partial charge in [-0.15, -0.1) is 0 Å². The van der Waals surface area contributed by atoms with E-state index in [1.54, 1.807) is 6.20 Å². The number of nitrogens with zero attached hydrogens (tertiary/aromatic N) is 4. The second-order valence-corrected chi connectivity index (χ2v) is 9.57. The standard InChI is InChI=1S/C29H35N7O/c1-4-24(5-2)36-26(28(37)32-22-8-6-20(3)7-9-22)18-21-19-31-29(34-27(21)36)33-23-10-12-25(13-11-23)35-16-14-30-15-17-35/h6-13,18-19,24,30H,4-5,14-17H2,1-3H3,(H,32,37)(H,31,33,34). The second-order valence-electron chi connectivity index (χ2n) is 9.57. The summed E-state index contributed by atoms with van der Waals surface area (Å²) in [4.78, 5) is 25.2. The number of aromatic nitrogens is 3. The van der Waals surface area contributed by atoms with Crippen LogP contribution in [0.15, 0.2) is 60.8 Å². The lowest BCUT2D eigenvalue weighted by Gasteiger charge is -2.29. The zero-order chi connectivity index (χ0) is 25.8. The maximum Gasteiger partial charge on any atom is 0.272 e. The summed E-state index contributed by atoms with van der Waals surface area (Å²) < 4.78 is 2.07. The molecule has 0 unspecified atom stereocenters. The number of carbonyl (C=O) groups excluding carboxylic acids is 1. The van der Waals surface area contributed by atoms with Crippen molar-refractivity contribution in [3.8, 4) is 0 Å². The molecule has 8 nitrogen and oxygen atoms in total. The summed E-state index contributed by atoms with van der Waals surface area (Å²) in [5.74, 6) is 0.366. The highest BCUT2D eigenvalue weighted by Gasteiger charge is 2.22. The molecule has 37 heavy (non-hydrogen) atoms. The summed E-state index contributed by atoms with van der Waals surface area (Å²) in [5, 5.41) is 10.6. The third kappa shape index (κ3) is 5.44. The number of hydrogen-bond donors (Lipinski definition) is 3. The molecule has 1 saturated heterocycles. The van der Waals surface area contributed by atoms with E-state index < -0.39 is 0 Å². The molecule has 3 heterocycles. The molecule has 0 bridgehead atoms. The molecule has 0 spiro atoms. The molecule has 0 atom stereocenters. The highest BCUT2D eigenvalue weighted by atomic mass is 16.2. The predicted octanol–water partition coefficient (Wildman–Crippen LogP) is 5.51. The van der Waals surface area contributed by atoms with Crippen molar-refractivity contribution in [3.63, 3.8) is 0 Å². The molecule has 4 aromatic rings. The molecule has 1 fully saturated rings. The fraction of sp³-hybridized carbons (Fsp3) is 0.345. The molecular weight excluding hydrogens is 462 g/mol. The van der Waals surface area contributed by atoms with Gasteiger partial charge in [0.2, 0.25) is 5.95 Å². The van der Waals surface area contributed by atoms with E-state index in [-0.39, 0.29) is 11.9 Å². The van der Waals surface area contributed by atoms with Crippen molar-refractivity contribution in [1.29, 1.82) is 0 Å². The molecule has 1 aliphatic heterocycles. The van der Waals surface area contributed by atoms with Crippen molar-refractivity contribution in [1.82, 2.24) is 19.9 Å². The first kappa shape index (κ1) is 24.8. The number of piperazine rings is 1. The first-order valence-corrected chi connectivity index (χ1v) is 13.1. The van der Waals surface area contributed by atoms with E-state index in [4.69, 9.17) is 4.98 Å². The Morgan fingerprint density at radius 2 is 1.68 bits per heavy atom. The maximum atomic E-state index is 13.4. The maximum absolute atomic E-state index is 13.4. The van der Waals surface area contributed by atoms with Crippen LogP contribution in [0.5, 0.6) is 0 Å². The van der Waals surface area contributed by atoms with Crippen molar-refractivity contribution < 1.29 is 4.79 Å². The smallest absolute Gasteiger partial charge is 0.272 e. The minimum atomic E-state index is -0.147. The molecular formula is C29H35N7O. The molecule has 2 aromatic carbocycles. The molecule has 1 aliphatic rings. The Kier molecular flexibility index (Phi) is 7.37. The summed E-state index contributed by atoms with van der Waals surface area (Å²) >= 11 is 0. The summed E-state index contributed by atoms with van der Waals surface area (Å²) in [6.45, 7) is 10.4. The molecule has 3 N–H and O–H groups in total. The lowest BCUT2D eigenvalue weighted by Crippen LogP contribution is -2.43. The Bertz CT molecular complexity index is 1350. The van der Waals surface area contributed by atoms with E-state index >= 15 is 0 Å². The van der Waals surface area contributed by atoms with Gasteiger partial charge in [0.05, 0.1) is 0 Å². The molecule has 0 aliphatic carbocycles. The van der Waals surface area contributed by atoms with Crippen LogP contribution in [0.3, 0.4) is 0 Å². The molecule has 5 rings (SSSR count). The van der Waals surface area contributed by atoms with Crippen molar-refractivity contribution in [2.45, 2.75) is 39.7 Å². The lowest BCUT2D eigenvalue weighted by atomic mass is 10.1. The van der Waals surface area contributed by atoms with E-state index in [0.29, 0.717) is 11.6 Å². The first-order valence-electron chi connectivity index (χ1n) is 13.1. The van der Waals surface area contributed by atoms with Crippen LogP contribution in [-0.2, 0) is 0 Å². The van der Waals surface area contributed by atoms with Gasteiger partial charge in [0, 0.05) is 60.9 Å².